The number of hydrogen-bond acceptors (Lipinski definition) is 6. The molecule has 0 aromatic carbocycles. The van der Waals surface area contributed by atoms with Crippen LogP contribution in [0.25, 0.3) is 0 Å². The van der Waals surface area contributed by atoms with Crippen LogP contribution in [0.1, 0.15) is 220 Å². The Balaban J connectivity index is 4.58. The van der Waals surface area contributed by atoms with Crippen molar-refractivity contribution in [2.75, 3.05) is 13.2 Å². The second-order valence-electron chi connectivity index (χ2n) is 17.7. The van der Waals surface area contributed by atoms with Crippen molar-refractivity contribution < 1.29 is 28.6 Å². The molecule has 0 aliphatic rings. The van der Waals surface area contributed by atoms with E-state index in [1.54, 1.807) is 0 Å². The summed E-state index contributed by atoms with van der Waals surface area (Å²) in [7, 11) is 0. The van der Waals surface area contributed by atoms with Gasteiger partial charge in [0.15, 0.2) is 6.10 Å². The quantitative estimate of drug-likeness (QED) is 0.0262. The summed E-state index contributed by atoms with van der Waals surface area (Å²) < 4.78 is 16.8. The molecule has 0 heterocycles. The molecule has 0 aromatic heterocycles. The maximum Gasteiger partial charge on any atom is 0.306 e. The van der Waals surface area contributed by atoms with Gasteiger partial charge in [-0.15, -0.1) is 0 Å². The molecule has 0 aliphatic carbocycles. The molecule has 0 bridgehead atoms. The van der Waals surface area contributed by atoms with Crippen LogP contribution in [-0.4, -0.2) is 37.2 Å². The van der Waals surface area contributed by atoms with E-state index in [-0.39, 0.29) is 37.5 Å². The molecular weight excluding hydrogens is 865 g/mol. The Bertz CT molecular complexity index is 1580. The summed E-state index contributed by atoms with van der Waals surface area (Å²) in [6, 6.07) is 0. The maximum atomic E-state index is 12.8. The molecule has 392 valence electrons. The first-order valence-corrected chi connectivity index (χ1v) is 27.8. The topological polar surface area (TPSA) is 78.9 Å². The van der Waals surface area contributed by atoms with Gasteiger partial charge in [-0.1, -0.05) is 212 Å². The minimum atomic E-state index is -0.833. The highest BCUT2D eigenvalue weighted by Crippen LogP contribution is 2.12. The first kappa shape index (κ1) is 65.3. The van der Waals surface area contributed by atoms with Crippen molar-refractivity contribution in [3.05, 3.63) is 146 Å². The Hall–Kier alpha value is -4.71. The molecule has 0 rings (SSSR count). The van der Waals surface area contributed by atoms with E-state index < -0.39 is 6.10 Å². The zero-order valence-corrected chi connectivity index (χ0v) is 44.7. The van der Waals surface area contributed by atoms with Gasteiger partial charge in [-0.2, -0.15) is 0 Å². The van der Waals surface area contributed by atoms with Crippen LogP contribution >= 0.6 is 0 Å². The molecular formula is C64H100O6. The maximum absolute atomic E-state index is 12.8. The average Bonchev–Trinajstić information content (AvgIpc) is 3.36. The first-order chi connectivity index (χ1) is 34.5. The first-order valence-electron chi connectivity index (χ1n) is 27.8. The summed E-state index contributed by atoms with van der Waals surface area (Å²) >= 11 is 0. The molecule has 0 aromatic rings. The lowest BCUT2D eigenvalue weighted by molar-refractivity contribution is -0.167. The van der Waals surface area contributed by atoms with E-state index >= 15 is 0 Å². The average molecular weight is 965 g/mol. The van der Waals surface area contributed by atoms with Crippen molar-refractivity contribution in [1.82, 2.24) is 0 Å². The van der Waals surface area contributed by atoms with Gasteiger partial charge in [0, 0.05) is 19.3 Å². The van der Waals surface area contributed by atoms with Crippen LogP contribution in [0.15, 0.2) is 146 Å². The fourth-order valence-corrected chi connectivity index (χ4v) is 6.94. The number of hydrogen-bond donors (Lipinski definition) is 0. The lowest BCUT2D eigenvalue weighted by Gasteiger charge is -2.18. The number of allylic oxidation sites excluding steroid dienone is 24. The summed E-state index contributed by atoms with van der Waals surface area (Å²) in [5.74, 6) is -1.03. The van der Waals surface area contributed by atoms with Gasteiger partial charge >= 0.3 is 17.9 Å². The zero-order chi connectivity index (χ0) is 50.7. The minimum absolute atomic E-state index is 0.124. The van der Waals surface area contributed by atoms with Crippen LogP contribution in [0.5, 0.6) is 0 Å². The highest BCUT2D eigenvalue weighted by molar-refractivity contribution is 5.71. The van der Waals surface area contributed by atoms with E-state index in [1.165, 1.54) is 38.5 Å². The monoisotopic (exact) mass is 965 g/mol. The summed E-state index contributed by atoms with van der Waals surface area (Å²) in [4.78, 5) is 38.1. The van der Waals surface area contributed by atoms with Crippen LogP contribution in [0.4, 0.5) is 0 Å². The molecule has 1 atom stereocenters. The fourth-order valence-electron chi connectivity index (χ4n) is 6.94. The van der Waals surface area contributed by atoms with Gasteiger partial charge in [0.1, 0.15) is 13.2 Å². The number of unbranched alkanes of at least 4 members (excludes halogenated alkanes) is 13. The van der Waals surface area contributed by atoms with Crippen LogP contribution in [-0.2, 0) is 28.6 Å². The largest absolute Gasteiger partial charge is 0.462 e. The molecule has 0 aliphatic heterocycles. The fraction of sp³-hybridized carbons (Fsp3) is 0.578. The van der Waals surface area contributed by atoms with Crippen LogP contribution in [0.2, 0.25) is 0 Å². The lowest BCUT2D eigenvalue weighted by atomic mass is 10.1. The molecule has 6 nitrogen and oxygen atoms in total. The van der Waals surface area contributed by atoms with E-state index in [1.807, 2.05) is 0 Å². The van der Waals surface area contributed by atoms with E-state index in [0.29, 0.717) is 19.3 Å². The number of rotatable bonds is 48. The van der Waals surface area contributed by atoms with E-state index in [2.05, 4.69) is 167 Å². The smallest absolute Gasteiger partial charge is 0.306 e. The molecule has 0 saturated carbocycles. The second kappa shape index (κ2) is 56.9. The molecule has 0 radical (unpaired) electrons. The lowest BCUT2D eigenvalue weighted by Crippen LogP contribution is -2.30. The molecule has 0 N–H and O–H groups in total. The molecule has 6 heteroatoms. The number of carbonyl (C=O) groups is 3. The SMILES string of the molecule is CC/C=C\C/C=C\C/C=C\C/C=C\CCCCCCCCC(=O)OCC(COC(=O)CCCCC/C=C\C/C=C\C/C=C\C/C=C\CC)OC(=O)CCC/C=C\C/C=C\C/C=C\C/C=C\CCCCC. The van der Waals surface area contributed by atoms with Gasteiger partial charge in [0.05, 0.1) is 0 Å². The third-order valence-corrected chi connectivity index (χ3v) is 11.1. The minimum Gasteiger partial charge on any atom is -0.462 e. The zero-order valence-electron chi connectivity index (χ0n) is 44.7. The van der Waals surface area contributed by atoms with Crippen LogP contribution in [0, 0.1) is 0 Å². The summed E-state index contributed by atoms with van der Waals surface area (Å²) in [6.07, 6.45) is 81.2. The van der Waals surface area contributed by atoms with Gasteiger partial charge < -0.3 is 14.2 Å². The van der Waals surface area contributed by atoms with Gasteiger partial charge in [-0.3, -0.25) is 14.4 Å². The second-order valence-corrected chi connectivity index (χ2v) is 17.7. The molecule has 0 fully saturated rings. The molecule has 70 heavy (non-hydrogen) atoms. The summed E-state index contributed by atoms with van der Waals surface area (Å²) in [5.41, 5.74) is 0. The van der Waals surface area contributed by atoms with Gasteiger partial charge in [-0.25, -0.2) is 0 Å². The Morgan fingerprint density at radius 2 is 0.571 bits per heavy atom. The van der Waals surface area contributed by atoms with Gasteiger partial charge in [0.25, 0.3) is 0 Å². The van der Waals surface area contributed by atoms with Gasteiger partial charge in [0.2, 0.25) is 0 Å². The molecule has 0 saturated heterocycles. The number of carbonyl (C=O) groups excluding carboxylic acids is 3. The molecule has 0 amide bonds. The molecule has 1 unspecified atom stereocenters. The van der Waals surface area contributed by atoms with Crippen molar-refractivity contribution in [2.24, 2.45) is 0 Å². The van der Waals surface area contributed by atoms with Gasteiger partial charge in [-0.05, 0) is 135 Å². The van der Waals surface area contributed by atoms with Crippen molar-refractivity contribution in [3.63, 3.8) is 0 Å². The highest BCUT2D eigenvalue weighted by atomic mass is 16.6. The third kappa shape index (κ3) is 54.2. The summed E-state index contributed by atoms with van der Waals surface area (Å²) in [6.45, 7) is 6.28. The number of esters is 3. The predicted octanol–water partition coefficient (Wildman–Crippen LogP) is 18.8. The Labute approximate surface area is 429 Å². The third-order valence-electron chi connectivity index (χ3n) is 11.1. The van der Waals surface area contributed by atoms with E-state index in [4.69, 9.17) is 14.2 Å². The van der Waals surface area contributed by atoms with Crippen molar-refractivity contribution in [3.8, 4) is 0 Å². The normalized spacial score (nSPS) is 13.2. The summed E-state index contributed by atoms with van der Waals surface area (Å²) in [5, 5.41) is 0. The number of ether oxygens (including phenoxy) is 3. The van der Waals surface area contributed by atoms with E-state index in [0.717, 1.165) is 135 Å². The standard InChI is InChI=1S/C64H100O6/c1-4-7-10-13-16-19-22-25-28-31-32-34-36-39-42-45-48-51-54-57-63(66)69-60-61(59-68-62(65)56-53-50-47-44-41-38-35-30-27-24-21-18-15-12-9-6-3)70-64(67)58-55-52-49-46-43-40-37-33-29-26-23-20-17-14-11-8-5-2/h7,9-10,12,16-21,25-30,32,34,37-38,40-41,46,49,61H,4-6,8,11,13-15,22-24,31,33,35-36,39,42-45,47-48,50-60H2,1-3H3/b10-7-,12-9-,19-16-,20-17-,21-18-,28-25-,29-26-,30-27-,34-32-,40-37-,41-38-,49-46-. The van der Waals surface area contributed by atoms with E-state index in [9.17, 15) is 14.4 Å². The Kier molecular flexibility index (Phi) is 53.0. The highest BCUT2D eigenvalue weighted by Gasteiger charge is 2.19. The van der Waals surface area contributed by atoms with Crippen molar-refractivity contribution in [1.29, 1.82) is 0 Å². The Morgan fingerprint density at radius 3 is 0.929 bits per heavy atom. The molecule has 0 spiro atoms. The van der Waals surface area contributed by atoms with Crippen molar-refractivity contribution in [2.45, 2.75) is 226 Å². The van der Waals surface area contributed by atoms with Crippen LogP contribution in [0.3, 0.4) is 0 Å². The Morgan fingerprint density at radius 1 is 0.300 bits per heavy atom. The van der Waals surface area contributed by atoms with Crippen LogP contribution < -0.4 is 0 Å². The predicted molar refractivity (Wildman–Crippen MR) is 302 cm³/mol. The van der Waals surface area contributed by atoms with Crippen molar-refractivity contribution >= 4 is 17.9 Å².